The molecule has 3 heteroatoms. The molecule has 1 saturated heterocycles. The minimum absolute atomic E-state index is 0.933. The Bertz CT molecular complexity index is 337. The fourth-order valence-corrected chi connectivity index (χ4v) is 2.55. The highest BCUT2D eigenvalue weighted by Gasteiger charge is 2.14. The summed E-state index contributed by atoms with van der Waals surface area (Å²) < 4.78 is 2.23. The van der Waals surface area contributed by atoms with Crippen LogP contribution < -0.4 is 5.32 Å². The van der Waals surface area contributed by atoms with Crippen LogP contribution in [0.25, 0.3) is 0 Å². The van der Waals surface area contributed by atoms with Gasteiger partial charge in [0.15, 0.2) is 0 Å². The summed E-state index contributed by atoms with van der Waals surface area (Å²) in [5.74, 6) is 0.933. The standard InChI is InChI=1S/C15H27N3/c1-3-17-10-6-15(13-17)12-16-7-11-18-8-4-14(2)5-9-18/h6,10,13-14,16H,3-5,7-9,11-12H2,1-2H3. The van der Waals surface area contributed by atoms with Gasteiger partial charge >= 0.3 is 0 Å². The van der Waals surface area contributed by atoms with E-state index in [0.29, 0.717) is 0 Å². The predicted octanol–water partition coefficient (Wildman–Crippen LogP) is 2.33. The first-order valence-corrected chi connectivity index (χ1v) is 7.35. The van der Waals surface area contributed by atoms with Crippen molar-refractivity contribution in [1.29, 1.82) is 0 Å². The molecule has 0 unspecified atom stereocenters. The lowest BCUT2D eigenvalue weighted by molar-refractivity contribution is 0.193. The molecule has 1 aliphatic heterocycles. The fourth-order valence-electron chi connectivity index (χ4n) is 2.55. The lowest BCUT2D eigenvalue weighted by atomic mass is 9.99. The van der Waals surface area contributed by atoms with Gasteiger partial charge in [0.1, 0.15) is 0 Å². The average Bonchev–Trinajstić information content (AvgIpc) is 2.85. The molecule has 1 aromatic heterocycles. The SMILES string of the molecule is CCn1ccc(CNCCN2CCC(C)CC2)c1. The summed E-state index contributed by atoms with van der Waals surface area (Å²) in [6.07, 6.45) is 7.14. The lowest BCUT2D eigenvalue weighted by Gasteiger charge is -2.30. The van der Waals surface area contributed by atoms with Crippen molar-refractivity contribution in [2.75, 3.05) is 26.2 Å². The minimum atomic E-state index is 0.933. The number of hydrogen-bond acceptors (Lipinski definition) is 2. The molecule has 1 fully saturated rings. The number of aromatic nitrogens is 1. The number of likely N-dealkylation sites (tertiary alicyclic amines) is 1. The van der Waals surface area contributed by atoms with Gasteiger partial charge in [-0.05, 0) is 50.4 Å². The molecule has 102 valence electrons. The topological polar surface area (TPSA) is 20.2 Å². The zero-order valence-corrected chi connectivity index (χ0v) is 11.9. The zero-order valence-electron chi connectivity index (χ0n) is 11.9. The van der Waals surface area contributed by atoms with Crippen LogP contribution in [0.15, 0.2) is 18.5 Å². The normalized spacial score (nSPS) is 18.3. The Kier molecular flexibility index (Phi) is 5.26. The molecule has 0 atom stereocenters. The van der Waals surface area contributed by atoms with E-state index in [4.69, 9.17) is 0 Å². The number of nitrogens with one attached hydrogen (secondary N) is 1. The van der Waals surface area contributed by atoms with Crippen LogP contribution >= 0.6 is 0 Å². The molecule has 2 heterocycles. The van der Waals surface area contributed by atoms with Crippen LogP contribution in [0.2, 0.25) is 0 Å². The maximum Gasteiger partial charge on any atom is 0.0221 e. The number of aryl methyl sites for hydroxylation is 1. The van der Waals surface area contributed by atoms with E-state index >= 15 is 0 Å². The molecule has 3 nitrogen and oxygen atoms in total. The second-order valence-corrected chi connectivity index (χ2v) is 5.55. The molecule has 1 N–H and O–H groups in total. The number of hydrogen-bond donors (Lipinski definition) is 1. The van der Waals surface area contributed by atoms with Crippen LogP contribution in [0, 0.1) is 5.92 Å². The van der Waals surface area contributed by atoms with Gasteiger partial charge < -0.3 is 14.8 Å². The fraction of sp³-hybridized carbons (Fsp3) is 0.733. The maximum atomic E-state index is 3.54. The van der Waals surface area contributed by atoms with Crippen LogP contribution in [-0.2, 0) is 13.1 Å². The van der Waals surface area contributed by atoms with Crippen molar-refractivity contribution in [3.05, 3.63) is 24.0 Å². The van der Waals surface area contributed by atoms with E-state index in [2.05, 4.69) is 47.1 Å². The van der Waals surface area contributed by atoms with E-state index in [1.165, 1.54) is 38.0 Å². The van der Waals surface area contributed by atoms with Gasteiger partial charge in [-0.3, -0.25) is 0 Å². The first-order valence-electron chi connectivity index (χ1n) is 7.35. The van der Waals surface area contributed by atoms with Gasteiger partial charge in [0, 0.05) is 38.6 Å². The highest BCUT2D eigenvalue weighted by molar-refractivity contribution is 5.09. The second-order valence-electron chi connectivity index (χ2n) is 5.55. The van der Waals surface area contributed by atoms with Gasteiger partial charge in [-0.2, -0.15) is 0 Å². The Labute approximate surface area is 111 Å². The average molecular weight is 249 g/mol. The monoisotopic (exact) mass is 249 g/mol. The molecule has 18 heavy (non-hydrogen) atoms. The Morgan fingerprint density at radius 2 is 2.11 bits per heavy atom. The summed E-state index contributed by atoms with van der Waals surface area (Å²) in [4.78, 5) is 2.59. The van der Waals surface area contributed by atoms with Crippen molar-refractivity contribution >= 4 is 0 Å². The Hall–Kier alpha value is -0.800. The van der Waals surface area contributed by atoms with E-state index in [1.54, 1.807) is 0 Å². The molecule has 0 bridgehead atoms. The van der Waals surface area contributed by atoms with Crippen molar-refractivity contribution in [3.8, 4) is 0 Å². The van der Waals surface area contributed by atoms with Gasteiger partial charge in [0.25, 0.3) is 0 Å². The molecule has 0 spiro atoms. The molecular weight excluding hydrogens is 222 g/mol. The number of nitrogens with zero attached hydrogens (tertiary/aromatic N) is 2. The molecular formula is C15H27N3. The maximum absolute atomic E-state index is 3.54. The van der Waals surface area contributed by atoms with E-state index in [1.807, 2.05) is 0 Å². The Balaban J connectivity index is 1.58. The van der Waals surface area contributed by atoms with Crippen LogP contribution in [0.4, 0.5) is 0 Å². The highest BCUT2D eigenvalue weighted by Crippen LogP contribution is 2.15. The van der Waals surface area contributed by atoms with Gasteiger partial charge in [0.2, 0.25) is 0 Å². The molecule has 0 amide bonds. The van der Waals surface area contributed by atoms with Crippen molar-refractivity contribution in [2.45, 2.75) is 39.8 Å². The number of rotatable bonds is 6. The molecule has 0 aromatic carbocycles. The molecule has 0 saturated carbocycles. The summed E-state index contributed by atoms with van der Waals surface area (Å²) in [5.41, 5.74) is 1.39. The summed E-state index contributed by atoms with van der Waals surface area (Å²) >= 11 is 0. The van der Waals surface area contributed by atoms with Gasteiger partial charge in [-0.25, -0.2) is 0 Å². The first kappa shape index (κ1) is 13.6. The quantitative estimate of drug-likeness (QED) is 0.781. The van der Waals surface area contributed by atoms with Crippen LogP contribution in [0.1, 0.15) is 32.3 Å². The molecule has 0 aliphatic carbocycles. The summed E-state index contributed by atoms with van der Waals surface area (Å²) in [5, 5.41) is 3.54. The van der Waals surface area contributed by atoms with E-state index in [-0.39, 0.29) is 0 Å². The smallest absolute Gasteiger partial charge is 0.0221 e. The van der Waals surface area contributed by atoms with Crippen LogP contribution in [0.5, 0.6) is 0 Å². The Morgan fingerprint density at radius 3 is 2.78 bits per heavy atom. The largest absolute Gasteiger partial charge is 0.354 e. The van der Waals surface area contributed by atoms with Crippen molar-refractivity contribution in [2.24, 2.45) is 5.92 Å². The van der Waals surface area contributed by atoms with Crippen molar-refractivity contribution in [1.82, 2.24) is 14.8 Å². The third kappa shape index (κ3) is 4.14. The van der Waals surface area contributed by atoms with Gasteiger partial charge in [-0.15, -0.1) is 0 Å². The summed E-state index contributed by atoms with van der Waals surface area (Å²) in [6, 6.07) is 2.21. The van der Waals surface area contributed by atoms with Crippen molar-refractivity contribution in [3.63, 3.8) is 0 Å². The lowest BCUT2D eigenvalue weighted by Crippen LogP contribution is -2.37. The van der Waals surface area contributed by atoms with E-state index in [9.17, 15) is 0 Å². The predicted molar refractivity (Wildman–Crippen MR) is 76.7 cm³/mol. The molecule has 1 aliphatic rings. The molecule has 2 rings (SSSR count). The van der Waals surface area contributed by atoms with Gasteiger partial charge in [0.05, 0.1) is 0 Å². The number of piperidine rings is 1. The summed E-state index contributed by atoms with van der Waals surface area (Å²) in [7, 11) is 0. The third-order valence-electron chi connectivity index (χ3n) is 3.99. The van der Waals surface area contributed by atoms with E-state index < -0.39 is 0 Å². The Morgan fingerprint density at radius 1 is 1.33 bits per heavy atom. The first-order chi connectivity index (χ1) is 8.78. The van der Waals surface area contributed by atoms with E-state index in [0.717, 1.165) is 25.6 Å². The summed E-state index contributed by atoms with van der Waals surface area (Å²) in [6.45, 7) is 11.5. The zero-order chi connectivity index (χ0) is 12.8. The van der Waals surface area contributed by atoms with Crippen LogP contribution in [0.3, 0.4) is 0 Å². The minimum Gasteiger partial charge on any atom is -0.354 e. The second kappa shape index (κ2) is 6.95. The molecule has 0 radical (unpaired) electrons. The highest BCUT2D eigenvalue weighted by atomic mass is 15.1. The van der Waals surface area contributed by atoms with Crippen LogP contribution in [-0.4, -0.2) is 35.6 Å². The van der Waals surface area contributed by atoms with Crippen molar-refractivity contribution < 1.29 is 0 Å². The molecule has 1 aromatic rings. The van der Waals surface area contributed by atoms with Gasteiger partial charge in [-0.1, -0.05) is 6.92 Å². The third-order valence-corrected chi connectivity index (χ3v) is 3.99.